The summed E-state index contributed by atoms with van der Waals surface area (Å²) in [6.45, 7) is 3.79. The second kappa shape index (κ2) is 6.85. The van der Waals surface area contributed by atoms with E-state index in [4.69, 9.17) is 6.42 Å². The van der Waals surface area contributed by atoms with Gasteiger partial charge in [-0.05, 0) is 75.7 Å². The number of rotatable bonds is 2. The van der Waals surface area contributed by atoms with Crippen LogP contribution < -0.4 is 10.4 Å². The van der Waals surface area contributed by atoms with Crippen molar-refractivity contribution in [3.63, 3.8) is 0 Å². The molecule has 0 saturated carbocycles. The summed E-state index contributed by atoms with van der Waals surface area (Å²) in [6, 6.07) is 8.11. The highest BCUT2D eigenvalue weighted by Crippen LogP contribution is 2.35. The Morgan fingerprint density at radius 1 is 1.11 bits per heavy atom. The zero-order valence-electron chi connectivity index (χ0n) is 14.9. The molecule has 0 unspecified atom stereocenters. The van der Waals surface area contributed by atoms with Crippen LogP contribution in [0.2, 0.25) is 0 Å². The van der Waals surface area contributed by atoms with E-state index in [0.717, 1.165) is 45.0 Å². The largest absolute Gasteiger partial charge is 0.207 e. The molecule has 0 amide bonds. The molecule has 2 aromatic rings. The van der Waals surface area contributed by atoms with Gasteiger partial charge in [-0.2, -0.15) is 0 Å². The molecular formula is C25H18F2. The van der Waals surface area contributed by atoms with Gasteiger partial charge in [0.25, 0.3) is 0 Å². The minimum Gasteiger partial charge on any atom is -0.207 e. The van der Waals surface area contributed by atoms with Crippen molar-refractivity contribution in [3.05, 3.63) is 105 Å². The summed E-state index contributed by atoms with van der Waals surface area (Å²) in [6.07, 6.45) is 15.5. The van der Waals surface area contributed by atoms with Crippen LogP contribution in [0.4, 0.5) is 8.78 Å². The van der Waals surface area contributed by atoms with Gasteiger partial charge in [0.15, 0.2) is 0 Å². The molecule has 0 aromatic heterocycles. The number of allylic oxidation sites excluding steroid dienone is 6. The zero-order chi connectivity index (χ0) is 19.0. The van der Waals surface area contributed by atoms with Crippen LogP contribution in [-0.2, 0) is 6.42 Å². The fourth-order valence-electron chi connectivity index (χ4n) is 3.82. The van der Waals surface area contributed by atoms with E-state index in [-0.39, 0.29) is 11.6 Å². The molecule has 0 fully saturated rings. The molecule has 2 aliphatic carbocycles. The van der Waals surface area contributed by atoms with Crippen LogP contribution in [0, 0.1) is 24.0 Å². The molecule has 0 atom stereocenters. The third-order valence-corrected chi connectivity index (χ3v) is 5.07. The van der Waals surface area contributed by atoms with Gasteiger partial charge < -0.3 is 0 Å². The second-order valence-electron chi connectivity index (χ2n) is 6.81. The van der Waals surface area contributed by atoms with Gasteiger partial charge in [-0.1, -0.05) is 36.9 Å². The molecule has 0 spiro atoms. The molecule has 0 heterocycles. The first-order valence-corrected chi connectivity index (χ1v) is 8.89. The monoisotopic (exact) mass is 356 g/mol. The molecule has 0 N–H and O–H groups in total. The maximum Gasteiger partial charge on any atom is 0.130 e. The molecule has 4 rings (SSSR count). The second-order valence-corrected chi connectivity index (χ2v) is 6.81. The van der Waals surface area contributed by atoms with Crippen molar-refractivity contribution < 1.29 is 8.78 Å². The molecular weight excluding hydrogens is 338 g/mol. The van der Waals surface area contributed by atoms with Gasteiger partial charge in [-0.3, -0.25) is 0 Å². The van der Waals surface area contributed by atoms with Crippen molar-refractivity contribution in [3.8, 4) is 12.3 Å². The van der Waals surface area contributed by atoms with Crippen LogP contribution in [0.5, 0.6) is 0 Å². The Hall–Kier alpha value is -3.18. The van der Waals surface area contributed by atoms with Crippen LogP contribution in [0.1, 0.15) is 29.5 Å². The van der Waals surface area contributed by atoms with Crippen molar-refractivity contribution in [1.29, 1.82) is 0 Å². The lowest BCUT2D eigenvalue weighted by molar-refractivity contribution is 0.617. The Morgan fingerprint density at radius 3 is 2.78 bits per heavy atom. The summed E-state index contributed by atoms with van der Waals surface area (Å²) in [7, 11) is 0. The van der Waals surface area contributed by atoms with E-state index in [9.17, 15) is 8.78 Å². The fraction of sp³-hybridized carbons (Fsp3) is 0.120. The van der Waals surface area contributed by atoms with Crippen molar-refractivity contribution in [2.45, 2.75) is 19.3 Å². The van der Waals surface area contributed by atoms with Crippen molar-refractivity contribution in [1.82, 2.24) is 0 Å². The van der Waals surface area contributed by atoms with E-state index in [1.807, 2.05) is 18.2 Å². The lowest BCUT2D eigenvalue weighted by Gasteiger charge is -2.23. The summed E-state index contributed by atoms with van der Waals surface area (Å²) in [5, 5.41) is 1.15. The Bertz CT molecular complexity index is 1180. The van der Waals surface area contributed by atoms with Crippen molar-refractivity contribution in [2.75, 3.05) is 0 Å². The summed E-state index contributed by atoms with van der Waals surface area (Å²) >= 11 is 0. The number of benzene rings is 2. The Labute approximate surface area is 157 Å². The summed E-state index contributed by atoms with van der Waals surface area (Å²) in [5.41, 5.74) is 5.55. The predicted molar refractivity (Wildman–Crippen MR) is 106 cm³/mol. The molecule has 0 saturated heterocycles. The zero-order valence-corrected chi connectivity index (χ0v) is 14.9. The highest BCUT2D eigenvalue weighted by Gasteiger charge is 2.23. The molecule has 132 valence electrons. The average Bonchev–Trinajstić information content (AvgIpc) is 2.87. The molecule has 0 aliphatic heterocycles. The SMILES string of the molecule is C#CCC1=CCC=CC=C1C1=c2cc(F)c(=C)cc2Cc2ccc(F)cc21. The molecule has 2 heteroatoms. The van der Waals surface area contributed by atoms with E-state index in [1.54, 1.807) is 12.1 Å². The number of hydrogen-bond acceptors (Lipinski definition) is 0. The lowest BCUT2D eigenvalue weighted by Crippen LogP contribution is -2.26. The number of halogens is 2. The molecule has 0 radical (unpaired) electrons. The van der Waals surface area contributed by atoms with Gasteiger partial charge in [0.2, 0.25) is 0 Å². The van der Waals surface area contributed by atoms with Crippen LogP contribution >= 0.6 is 0 Å². The maximum atomic E-state index is 14.4. The van der Waals surface area contributed by atoms with Crippen molar-refractivity contribution in [2.24, 2.45) is 0 Å². The Kier molecular flexibility index (Phi) is 4.38. The average molecular weight is 356 g/mol. The van der Waals surface area contributed by atoms with Crippen LogP contribution in [-0.4, -0.2) is 0 Å². The molecule has 0 bridgehead atoms. The topological polar surface area (TPSA) is 0 Å². The summed E-state index contributed by atoms with van der Waals surface area (Å²) in [5.74, 6) is 2.03. The fourth-order valence-corrected chi connectivity index (χ4v) is 3.82. The predicted octanol–water partition coefficient (Wildman–Crippen LogP) is 4.31. The summed E-state index contributed by atoms with van der Waals surface area (Å²) in [4.78, 5) is 0. The van der Waals surface area contributed by atoms with Gasteiger partial charge in [0.05, 0.1) is 0 Å². The standard InChI is InChI=1S/C25H18F2/c1-3-7-17-8-5-4-6-9-21(17)25-22-14-20(26)11-10-18(22)13-19-12-16(2)24(27)15-23(19)25/h1,4,6,8-12,14-15H,2,5,7,13H2. The smallest absolute Gasteiger partial charge is 0.130 e. The molecule has 0 nitrogen and oxygen atoms in total. The molecule has 2 aliphatic rings. The first-order valence-electron chi connectivity index (χ1n) is 8.89. The van der Waals surface area contributed by atoms with E-state index < -0.39 is 0 Å². The van der Waals surface area contributed by atoms with Gasteiger partial charge in [-0.25, -0.2) is 8.78 Å². The normalized spacial score (nSPS) is 15.2. The van der Waals surface area contributed by atoms with Gasteiger partial charge in [0, 0.05) is 11.6 Å². The van der Waals surface area contributed by atoms with E-state index >= 15 is 0 Å². The number of hydrogen-bond donors (Lipinski definition) is 0. The lowest BCUT2D eigenvalue weighted by atomic mass is 9.80. The van der Waals surface area contributed by atoms with E-state index in [1.165, 1.54) is 18.2 Å². The Morgan fingerprint density at radius 2 is 1.96 bits per heavy atom. The third-order valence-electron chi connectivity index (χ3n) is 5.07. The summed E-state index contributed by atoms with van der Waals surface area (Å²) < 4.78 is 28.5. The minimum atomic E-state index is -0.363. The van der Waals surface area contributed by atoms with Gasteiger partial charge in [-0.15, -0.1) is 12.3 Å². The van der Waals surface area contributed by atoms with Crippen LogP contribution in [0.15, 0.2) is 65.8 Å². The van der Waals surface area contributed by atoms with E-state index in [2.05, 4.69) is 18.6 Å². The van der Waals surface area contributed by atoms with Gasteiger partial charge in [0.1, 0.15) is 11.6 Å². The number of fused-ring (bicyclic) bond motifs is 2. The van der Waals surface area contributed by atoms with E-state index in [0.29, 0.717) is 18.1 Å². The highest BCUT2D eigenvalue weighted by atomic mass is 19.1. The first kappa shape index (κ1) is 17.2. The first-order chi connectivity index (χ1) is 13.1. The van der Waals surface area contributed by atoms with Crippen LogP contribution in [0.3, 0.4) is 0 Å². The third kappa shape index (κ3) is 3.06. The van der Waals surface area contributed by atoms with Crippen molar-refractivity contribution >= 4 is 12.2 Å². The quantitative estimate of drug-likeness (QED) is 0.703. The molecule has 2 aromatic carbocycles. The Balaban J connectivity index is 2.12. The highest BCUT2D eigenvalue weighted by molar-refractivity contribution is 5.87. The number of terminal acetylenes is 1. The maximum absolute atomic E-state index is 14.4. The molecule has 27 heavy (non-hydrogen) atoms. The van der Waals surface area contributed by atoms with Crippen LogP contribution in [0.25, 0.3) is 12.2 Å². The van der Waals surface area contributed by atoms with Gasteiger partial charge >= 0.3 is 0 Å². The minimum absolute atomic E-state index is 0.309.